The molecule has 2 aromatic rings. The highest BCUT2D eigenvalue weighted by Crippen LogP contribution is 2.27. The molecule has 3 nitrogen and oxygen atoms in total. The molecule has 0 saturated heterocycles. The van der Waals surface area contributed by atoms with Crippen LogP contribution < -0.4 is 0 Å². The fraction of sp³-hybridized carbons (Fsp3) is 0.375. The van der Waals surface area contributed by atoms with E-state index in [0.717, 1.165) is 24.2 Å². The van der Waals surface area contributed by atoms with Crippen molar-refractivity contribution in [2.24, 2.45) is 10.4 Å². The Labute approximate surface area is 113 Å². The number of aromatic amines is 1. The maximum absolute atomic E-state index is 4.64. The van der Waals surface area contributed by atoms with Crippen molar-refractivity contribution in [3.8, 4) is 0 Å². The van der Waals surface area contributed by atoms with E-state index in [2.05, 4.69) is 53.9 Å². The van der Waals surface area contributed by atoms with E-state index in [4.69, 9.17) is 0 Å². The van der Waals surface area contributed by atoms with Crippen molar-refractivity contribution >= 4 is 22.2 Å². The Balaban J connectivity index is 2.01. The van der Waals surface area contributed by atoms with Crippen LogP contribution in [0.25, 0.3) is 16.5 Å². The molecule has 2 aromatic heterocycles. The molecule has 3 heteroatoms. The molecule has 0 saturated carbocycles. The van der Waals surface area contributed by atoms with E-state index in [0.29, 0.717) is 0 Å². The van der Waals surface area contributed by atoms with Crippen molar-refractivity contribution in [1.82, 2.24) is 9.97 Å². The van der Waals surface area contributed by atoms with Crippen LogP contribution in [0.3, 0.4) is 0 Å². The molecule has 0 spiro atoms. The molecule has 3 rings (SSSR count). The number of hydrogen-bond acceptors (Lipinski definition) is 2. The van der Waals surface area contributed by atoms with E-state index in [1.165, 1.54) is 16.7 Å². The number of aliphatic imine (C=N–C) groups is 1. The number of H-pyrrole nitrogens is 1. The van der Waals surface area contributed by atoms with Gasteiger partial charge in [-0.2, -0.15) is 0 Å². The fourth-order valence-corrected chi connectivity index (χ4v) is 2.36. The smallest absolute Gasteiger partial charge is 0.0670 e. The van der Waals surface area contributed by atoms with Crippen molar-refractivity contribution < 1.29 is 0 Å². The van der Waals surface area contributed by atoms with Crippen LogP contribution in [-0.2, 0) is 0 Å². The average Bonchev–Trinajstić information content (AvgIpc) is 2.85. The van der Waals surface area contributed by atoms with Crippen molar-refractivity contribution in [3.05, 3.63) is 36.3 Å². The third kappa shape index (κ3) is 2.33. The lowest BCUT2D eigenvalue weighted by atomic mass is 9.86. The number of dihydropyridines is 1. The molecule has 0 bridgehead atoms. The van der Waals surface area contributed by atoms with Crippen LogP contribution in [0.2, 0.25) is 0 Å². The monoisotopic (exact) mass is 253 g/mol. The number of fused-ring (bicyclic) bond motifs is 1. The third-order valence-corrected chi connectivity index (χ3v) is 3.51. The molecule has 19 heavy (non-hydrogen) atoms. The summed E-state index contributed by atoms with van der Waals surface area (Å²) < 4.78 is 0. The Hall–Kier alpha value is -1.90. The van der Waals surface area contributed by atoms with Crippen LogP contribution >= 0.6 is 0 Å². The summed E-state index contributed by atoms with van der Waals surface area (Å²) in [6.07, 6.45) is 7.05. The van der Waals surface area contributed by atoms with Crippen molar-refractivity contribution in [3.63, 3.8) is 0 Å². The molecule has 1 aliphatic rings. The van der Waals surface area contributed by atoms with E-state index in [9.17, 15) is 0 Å². The zero-order valence-corrected chi connectivity index (χ0v) is 11.7. The summed E-state index contributed by atoms with van der Waals surface area (Å²) in [6, 6.07) is 4.24. The van der Waals surface area contributed by atoms with Gasteiger partial charge in [0.15, 0.2) is 0 Å². The normalized spacial score (nSPS) is 16.4. The average molecular weight is 253 g/mol. The van der Waals surface area contributed by atoms with Crippen LogP contribution in [0, 0.1) is 5.41 Å². The zero-order valence-electron chi connectivity index (χ0n) is 11.7. The molecular weight excluding hydrogens is 234 g/mol. The number of pyridine rings is 1. The minimum absolute atomic E-state index is 0.101. The first-order valence-corrected chi connectivity index (χ1v) is 6.73. The van der Waals surface area contributed by atoms with Gasteiger partial charge in [-0.25, -0.2) is 0 Å². The summed E-state index contributed by atoms with van der Waals surface area (Å²) in [4.78, 5) is 12.4. The van der Waals surface area contributed by atoms with Gasteiger partial charge in [-0.15, -0.1) is 0 Å². The van der Waals surface area contributed by atoms with Crippen LogP contribution in [-0.4, -0.2) is 22.2 Å². The summed E-state index contributed by atoms with van der Waals surface area (Å²) in [7, 11) is 0. The maximum atomic E-state index is 4.64. The van der Waals surface area contributed by atoms with Crippen LogP contribution in [0.5, 0.6) is 0 Å². The number of hydrogen-bond donors (Lipinski definition) is 1. The van der Waals surface area contributed by atoms with Gasteiger partial charge < -0.3 is 4.98 Å². The lowest BCUT2D eigenvalue weighted by Gasteiger charge is -2.23. The van der Waals surface area contributed by atoms with E-state index >= 15 is 0 Å². The number of aromatic nitrogens is 2. The molecular formula is C16H19N3. The lowest BCUT2D eigenvalue weighted by Crippen LogP contribution is -2.21. The second kappa shape index (κ2) is 4.34. The number of nitrogens with one attached hydrogen (secondary N) is 1. The standard InChI is InChI=1S/C16H19N3/c1-16(2,3)15-9-12(5-7-18-15)13-8-11-4-6-17-14(11)10-19-13/h4,6,8-10,17H,5,7H2,1-3H3. The molecule has 0 atom stereocenters. The molecule has 98 valence electrons. The summed E-state index contributed by atoms with van der Waals surface area (Å²) in [6.45, 7) is 7.47. The van der Waals surface area contributed by atoms with Gasteiger partial charge in [0.1, 0.15) is 0 Å². The second-order valence-electron chi connectivity index (χ2n) is 6.07. The third-order valence-electron chi connectivity index (χ3n) is 3.51. The van der Waals surface area contributed by atoms with Crippen molar-refractivity contribution in [1.29, 1.82) is 0 Å². The Morgan fingerprint density at radius 3 is 2.89 bits per heavy atom. The minimum Gasteiger partial charge on any atom is -0.360 e. The van der Waals surface area contributed by atoms with Crippen LogP contribution in [0.4, 0.5) is 0 Å². The maximum Gasteiger partial charge on any atom is 0.0670 e. The Morgan fingerprint density at radius 2 is 2.11 bits per heavy atom. The quantitative estimate of drug-likeness (QED) is 0.824. The second-order valence-corrected chi connectivity index (χ2v) is 6.07. The Morgan fingerprint density at radius 1 is 1.26 bits per heavy atom. The van der Waals surface area contributed by atoms with Crippen LogP contribution in [0.1, 0.15) is 32.9 Å². The van der Waals surface area contributed by atoms with Gasteiger partial charge in [0.25, 0.3) is 0 Å². The summed E-state index contributed by atoms with van der Waals surface area (Å²) in [5.41, 5.74) is 4.73. The van der Waals surface area contributed by atoms with Gasteiger partial charge in [0.05, 0.1) is 17.4 Å². The largest absolute Gasteiger partial charge is 0.360 e. The molecule has 1 N–H and O–H groups in total. The summed E-state index contributed by atoms with van der Waals surface area (Å²) >= 11 is 0. The molecule has 0 unspecified atom stereocenters. The molecule has 3 heterocycles. The predicted molar refractivity (Wildman–Crippen MR) is 80.4 cm³/mol. The summed E-state index contributed by atoms with van der Waals surface area (Å²) in [5.74, 6) is 0. The van der Waals surface area contributed by atoms with Gasteiger partial charge in [-0.3, -0.25) is 9.98 Å². The van der Waals surface area contributed by atoms with Crippen LogP contribution in [0.15, 0.2) is 35.6 Å². The SMILES string of the molecule is CC(C)(C)C1=NCCC(c2cc3cc[nH]c3cn2)=C1. The van der Waals surface area contributed by atoms with Crippen molar-refractivity contribution in [2.75, 3.05) is 6.54 Å². The Kier molecular flexibility index (Phi) is 2.77. The van der Waals surface area contributed by atoms with Gasteiger partial charge in [-0.1, -0.05) is 20.8 Å². The van der Waals surface area contributed by atoms with E-state index in [1.54, 1.807) is 0 Å². The minimum atomic E-state index is 0.101. The molecule has 0 aromatic carbocycles. The van der Waals surface area contributed by atoms with Crippen molar-refractivity contribution in [2.45, 2.75) is 27.2 Å². The first-order chi connectivity index (χ1) is 9.04. The topological polar surface area (TPSA) is 41.0 Å². The highest BCUT2D eigenvalue weighted by molar-refractivity contribution is 6.05. The number of rotatable bonds is 1. The highest BCUT2D eigenvalue weighted by atomic mass is 14.8. The molecule has 0 aliphatic carbocycles. The van der Waals surface area contributed by atoms with Gasteiger partial charge in [-0.05, 0) is 30.2 Å². The van der Waals surface area contributed by atoms with E-state index in [-0.39, 0.29) is 5.41 Å². The predicted octanol–water partition coefficient (Wildman–Crippen LogP) is 3.84. The van der Waals surface area contributed by atoms with Gasteiger partial charge in [0.2, 0.25) is 0 Å². The molecule has 1 aliphatic heterocycles. The molecule has 0 fully saturated rings. The Bertz CT molecular complexity index is 669. The first kappa shape index (κ1) is 12.2. The highest BCUT2D eigenvalue weighted by Gasteiger charge is 2.20. The van der Waals surface area contributed by atoms with Gasteiger partial charge in [0, 0.05) is 29.3 Å². The van der Waals surface area contributed by atoms with E-state index < -0.39 is 0 Å². The van der Waals surface area contributed by atoms with E-state index in [1.807, 2.05) is 12.4 Å². The molecule has 0 radical (unpaired) electrons. The number of nitrogens with zero attached hydrogens (tertiary/aromatic N) is 2. The fourth-order valence-electron chi connectivity index (χ4n) is 2.36. The van der Waals surface area contributed by atoms with Gasteiger partial charge >= 0.3 is 0 Å². The lowest BCUT2D eigenvalue weighted by molar-refractivity contribution is 0.589. The zero-order chi connectivity index (χ0) is 13.5. The summed E-state index contributed by atoms with van der Waals surface area (Å²) in [5, 5.41) is 1.21. The number of allylic oxidation sites excluding steroid dienone is 1. The molecule has 0 amide bonds. The first-order valence-electron chi connectivity index (χ1n) is 6.73.